The molecule has 1 aromatic carbocycles. The van der Waals surface area contributed by atoms with Crippen molar-refractivity contribution in [2.45, 2.75) is 0 Å². The van der Waals surface area contributed by atoms with Crippen LogP contribution in [0.15, 0.2) is 30.6 Å². The molecule has 0 radical (unpaired) electrons. The average Bonchev–Trinajstić information content (AvgIpc) is 2.41. The Labute approximate surface area is 112 Å². The molecule has 20 heavy (non-hydrogen) atoms. The molecule has 0 aliphatic carbocycles. The van der Waals surface area contributed by atoms with Gasteiger partial charge in [0.25, 0.3) is 5.91 Å². The second-order valence-corrected chi connectivity index (χ2v) is 3.71. The van der Waals surface area contributed by atoms with Crippen LogP contribution in [-0.4, -0.2) is 37.2 Å². The van der Waals surface area contributed by atoms with Crippen LogP contribution in [0.25, 0.3) is 0 Å². The lowest BCUT2D eigenvalue weighted by atomic mass is 10.1. The molecule has 2 aromatic rings. The van der Waals surface area contributed by atoms with E-state index in [4.69, 9.17) is 5.11 Å². The highest BCUT2D eigenvalue weighted by Crippen LogP contribution is 2.23. The van der Waals surface area contributed by atoms with E-state index in [2.05, 4.69) is 15.3 Å². The first-order valence-corrected chi connectivity index (χ1v) is 5.36. The van der Waals surface area contributed by atoms with Crippen LogP contribution in [0.4, 0.5) is 5.82 Å². The molecule has 2 rings (SSSR count). The van der Waals surface area contributed by atoms with Gasteiger partial charge in [0.15, 0.2) is 11.5 Å². The molecule has 0 unspecified atom stereocenters. The first-order valence-electron chi connectivity index (χ1n) is 5.36. The summed E-state index contributed by atoms with van der Waals surface area (Å²) in [5, 5.41) is 29.9. The molecule has 4 N–H and O–H groups in total. The summed E-state index contributed by atoms with van der Waals surface area (Å²) in [6.45, 7) is 0. The van der Waals surface area contributed by atoms with Crippen LogP contribution >= 0.6 is 0 Å². The zero-order valence-electron chi connectivity index (χ0n) is 9.94. The predicted molar refractivity (Wildman–Crippen MR) is 66.7 cm³/mol. The van der Waals surface area contributed by atoms with Crippen molar-refractivity contribution in [2.75, 3.05) is 5.32 Å². The first kappa shape index (κ1) is 13.3. The second-order valence-electron chi connectivity index (χ2n) is 3.71. The van der Waals surface area contributed by atoms with Crippen molar-refractivity contribution in [3.63, 3.8) is 0 Å². The van der Waals surface area contributed by atoms with Crippen LogP contribution in [0.1, 0.15) is 20.8 Å². The van der Waals surface area contributed by atoms with Crippen LogP contribution in [0.3, 0.4) is 0 Å². The molecule has 0 saturated heterocycles. The van der Waals surface area contributed by atoms with Crippen LogP contribution in [0, 0.1) is 0 Å². The van der Waals surface area contributed by atoms with Gasteiger partial charge in [-0.25, -0.2) is 14.8 Å². The number of rotatable bonds is 3. The molecule has 0 fully saturated rings. The van der Waals surface area contributed by atoms with Gasteiger partial charge in [0, 0.05) is 12.4 Å². The molecule has 0 aliphatic rings. The lowest BCUT2D eigenvalue weighted by Crippen LogP contribution is -2.17. The number of carbonyl (C=O) groups excluding carboxylic acids is 1. The summed E-state index contributed by atoms with van der Waals surface area (Å²) in [5.74, 6) is -3.01. The van der Waals surface area contributed by atoms with Crippen molar-refractivity contribution in [1.82, 2.24) is 9.97 Å². The number of hydrogen-bond donors (Lipinski definition) is 4. The number of carbonyl (C=O) groups is 2. The topological polar surface area (TPSA) is 133 Å². The number of carboxylic acid groups (broad SMARTS) is 1. The van der Waals surface area contributed by atoms with Gasteiger partial charge in [0.05, 0.1) is 5.56 Å². The second kappa shape index (κ2) is 5.22. The summed E-state index contributed by atoms with van der Waals surface area (Å²) in [7, 11) is 0. The van der Waals surface area contributed by atoms with Gasteiger partial charge < -0.3 is 20.6 Å². The van der Waals surface area contributed by atoms with Crippen LogP contribution in [0.5, 0.6) is 11.5 Å². The molecular formula is C12H9N3O5. The molecule has 0 aliphatic heterocycles. The first-order chi connectivity index (χ1) is 9.49. The number of amides is 1. The number of aromatic hydroxyl groups is 2. The Bertz CT molecular complexity index is 687. The number of anilines is 1. The SMILES string of the molecule is O=C(Nc1nccnc1C(=O)O)c1cc(O)ccc1O. The lowest BCUT2D eigenvalue weighted by Gasteiger charge is -2.07. The van der Waals surface area contributed by atoms with E-state index in [-0.39, 0.29) is 22.9 Å². The van der Waals surface area contributed by atoms with E-state index in [1.54, 1.807) is 0 Å². The zero-order chi connectivity index (χ0) is 14.7. The Morgan fingerprint density at radius 3 is 2.50 bits per heavy atom. The van der Waals surface area contributed by atoms with Crippen LogP contribution in [0.2, 0.25) is 0 Å². The summed E-state index contributed by atoms with van der Waals surface area (Å²) < 4.78 is 0. The standard InChI is InChI=1S/C12H9N3O5/c16-6-1-2-8(17)7(5-6)11(18)15-10-9(12(19)20)13-3-4-14-10/h1-5,16-17H,(H,19,20)(H,14,15,18). The van der Waals surface area contributed by atoms with Crippen molar-refractivity contribution in [1.29, 1.82) is 0 Å². The maximum Gasteiger partial charge on any atom is 0.358 e. The fourth-order valence-electron chi connectivity index (χ4n) is 1.47. The van der Waals surface area contributed by atoms with Gasteiger partial charge in [0.2, 0.25) is 0 Å². The summed E-state index contributed by atoms with van der Waals surface area (Å²) in [6, 6.07) is 3.39. The molecule has 1 heterocycles. The van der Waals surface area contributed by atoms with Crippen molar-refractivity contribution in [3.05, 3.63) is 41.9 Å². The van der Waals surface area contributed by atoms with Gasteiger partial charge >= 0.3 is 5.97 Å². The number of aromatic carboxylic acids is 1. The van der Waals surface area contributed by atoms with Crippen molar-refractivity contribution in [3.8, 4) is 11.5 Å². The van der Waals surface area contributed by atoms with Gasteiger partial charge in [-0.1, -0.05) is 0 Å². The smallest absolute Gasteiger partial charge is 0.358 e. The summed E-state index contributed by atoms with van der Waals surface area (Å²) >= 11 is 0. The minimum Gasteiger partial charge on any atom is -0.508 e. The van der Waals surface area contributed by atoms with Crippen LogP contribution < -0.4 is 5.32 Å². The van der Waals surface area contributed by atoms with Gasteiger partial charge in [-0.3, -0.25) is 4.79 Å². The minimum atomic E-state index is -1.35. The molecule has 0 bridgehead atoms. The maximum atomic E-state index is 11.9. The van der Waals surface area contributed by atoms with Gasteiger partial charge in [-0.05, 0) is 18.2 Å². The minimum absolute atomic E-state index is 0.216. The summed E-state index contributed by atoms with van der Waals surface area (Å²) in [6.07, 6.45) is 2.38. The zero-order valence-corrected chi connectivity index (χ0v) is 9.94. The highest BCUT2D eigenvalue weighted by molar-refractivity contribution is 6.08. The highest BCUT2D eigenvalue weighted by atomic mass is 16.4. The van der Waals surface area contributed by atoms with Crippen LogP contribution in [-0.2, 0) is 0 Å². The van der Waals surface area contributed by atoms with Crippen molar-refractivity contribution >= 4 is 17.7 Å². The number of benzene rings is 1. The molecule has 0 atom stereocenters. The normalized spacial score (nSPS) is 10.0. The molecule has 0 spiro atoms. The van der Waals surface area contributed by atoms with E-state index in [0.717, 1.165) is 12.1 Å². The molecule has 102 valence electrons. The Hall–Kier alpha value is -3.16. The quantitative estimate of drug-likeness (QED) is 0.610. The third-order valence-electron chi connectivity index (χ3n) is 2.36. The summed E-state index contributed by atoms with van der Waals surface area (Å²) in [4.78, 5) is 30.1. The van der Waals surface area contributed by atoms with E-state index < -0.39 is 17.6 Å². The molecule has 8 nitrogen and oxygen atoms in total. The van der Waals surface area contributed by atoms with Gasteiger partial charge in [-0.15, -0.1) is 0 Å². The Kier molecular flexibility index (Phi) is 3.47. The van der Waals surface area contributed by atoms with E-state index in [0.29, 0.717) is 0 Å². The molecule has 0 saturated carbocycles. The number of carboxylic acids is 1. The fourth-order valence-corrected chi connectivity index (χ4v) is 1.47. The monoisotopic (exact) mass is 275 g/mol. The number of aromatic nitrogens is 2. The maximum absolute atomic E-state index is 11.9. The Balaban J connectivity index is 2.33. The number of hydrogen-bond acceptors (Lipinski definition) is 6. The Morgan fingerprint density at radius 1 is 1.10 bits per heavy atom. The van der Waals surface area contributed by atoms with Crippen molar-refractivity contribution in [2.24, 2.45) is 0 Å². The number of nitrogens with zero attached hydrogens (tertiary/aromatic N) is 2. The van der Waals surface area contributed by atoms with Crippen molar-refractivity contribution < 1.29 is 24.9 Å². The van der Waals surface area contributed by atoms with Gasteiger partial charge in [0.1, 0.15) is 11.5 Å². The molecular weight excluding hydrogens is 266 g/mol. The number of phenolic OH excluding ortho intramolecular Hbond substituents is 2. The number of phenols is 2. The van der Waals surface area contributed by atoms with E-state index in [1.165, 1.54) is 18.5 Å². The van der Waals surface area contributed by atoms with E-state index >= 15 is 0 Å². The Morgan fingerprint density at radius 2 is 1.80 bits per heavy atom. The van der Waals surface area contributed by atoms with Gasteiger partial charge in [-0.2, -0.15) is 0 Å². The third kappa shape index (κ3) is 2.64. The fraction of sp³-hybridized carbons (Fsp3) is 0. The number of nitrogens with one attached hydrogen (secondary N) is 1. The van der Waals surface area contributed by atoms with E-state index in [9.17, 15) is 19.8 Å². The average molecular weight is 275 g/mol. The third-order valence-corrected chi connectivity index (χ3v) is 2.36. The highest BCUT2D eigenvalue weighted by Gasteiger charge is 2.18. The predicted octanol–water partition coefficient (Wildman–Crippen LogP) is 0.838. The molecule has 1 aromatic heterocycles. The lowest BCUT2D eigenvalue weighted by molar-refractivity contribution is 0.0691. The molecule has 8 heteroatoms. The van der Waals surface area contributed by atoms with E-state index in [1.807, 2.05) is 0 Å². The largest absolute Gasteiger partial charge is 0.508 e. The molecule has 1 amide bonds. The summed E-state index contributed by atoms with van der Waals surface area (Å²) in [5.41, 5.74) is -0.646.